The summed E-state index contributed by atoms with van der Waals surface area (Å²) in [5.41, 5.74) is 12.9. The maximum absolute atomic E-state index is 6.16. The first-order valence-corrected chi connectivity index (χ1v) is 5.88. The largest absolute Gasteiger partial charge is 0.369 e. The van der Waals surface area contributed by atoms with Crippen molar-refractivity contribution in [1.29, 1.82) is 0 Å². The van der Waals surface area contributed by atoms with Gasteiger partial charge in [-0.1, -0.05) is 6.08 Å². The Hall–Kier alpha value is -0.840. The van der Waals surface area contributed by atoms with Crippen molar-refractivity contribution in [2.75, 3.05) is 33.2 Å². The van der Waals surface area contributed by atoms with Crippen LogP contribution in [0.2, 0.25) is 0 Å². The molecule has 0 spiro atoms. The molecule has 16 heavy (non-hydrogen) atoms. The summed E-state index contributed by atoms with van der Waals surface area (Å²) in [6.07, 6.45) is 6.21. The third-order valence-corrected chi connectivity index (χ3v) is 3.52. The zero-order valence-corrected chi connectivity index (χ0v) is 10.2. The van der Waals surface area contributed by atoms with Crippen LogP contribution in [-0.2, 0) is 0 Å². The Morgan fingerprint density at radius 1 is 1.31 bits per heavy atom. The Morgan fingerprint density at radius 3 is 2.50 bits per heavy atom. The Bertz CT molecular complexity index is 311. The van der Waals surface area contributed by atoms with Gasteiger partial charge in [0.1, 0.15) is 0 Å². The summed E-state index contributed by atoms with van der Waals surface area (Å²) in [7, 11) is 2.16. The van der Waals surface area contributed by atoms with E-state index in [0.29, 0.717) is 0 Å². The fourth-order valence-electron chi connectivity index (χ4n) is 2.13. The van der Waals surface area contributed by atoms with Gasteiger partial charge in [0.25, 0.3) is 0 Å². The summed E-state index contributed by atoms with van der Waals surface area (Å²) in [6, 6.07) is -0.0799. The number of hydrogen-bond donors (Lipinski definition) is 2. The van der Waals surface area contributed by atoms with Crippen LogP contribution in [0.25, 0.3) is 0 Å². The average molecular weight is 222 g/mol. The van der Waals surface area contributed by atoms with Crippen LogP contribution >= 0.6 is 0 Å². The molecule has 1 aliphatic carbocycles. The third-order valence-electron chi connectivity index (χ3n) is 3.52. The van der Waals surface area contributed by atoms with Gasteiger partial charge in [-0.2, -0.15) is 0 Å². The third kappa shape index (κ3) is 2.29. The zero-order valence-electron chi connectivity index (χ0n) is 10.2. The van der Waals surface area contributed by atoms with Crippen molar-refractivity contribution in [3.8, 4) is 0 Å². The lowest BCUT2D eigenvalue weighted by atomic mass is 9.88. The Labute approximate surface area is 97.6 Å². The Kier molecular flexibility index (Phi) is 3.06. The van der Waals surface area contributed by atoms with E-state index in [1.54, 1.807) is 0 Å². The number of rotatable bonds is 1. The van der Waals surface area contributed by atoms with Gasteiger partial charge in [-0.25, -0.2) is 0 Å². The van der Waals surface area contributed by atoms with Gasteiger partial charge in [0, 0.05) is 37.9 Å². The van der Waals surface area contributed by atoms with Gasteiger partial charge in [-0.3, -0.25) is 0 Å². The SMILES string of the molecule is CN1CCN(C2=CC(C)(N)C(N)C=C2)CC1. The number of nitrogens with zero attached hydrogens (tertiary/aromatic N) is 2. The van der Waals surface area contributed by atoms with Crippen molar-refractivity contribution < 1.29 is 0 Å². The van der Waals surface area contributed by atoms with Crippen molar-refractivity contribution in [1.82, 2.24) is 9.80 Å². The number of likely N-dealkylation sites (N-methyl/N-ethyl adjacent to an activating group) is 1. The monoisotopic (exact) mass is 222 g/mol. The standard InChI is InChI=1S/C12H22N4/c1-12(14)9-10(3-4-11(12)13)16-7-5-15(2)6-8-16/h3-4,9,11H,5-8,13-14H2,1-2H3. The zero-order chi connectivity index (χ0) is 11.8. The van der Waals surface area contributed by atoms with Crippen LogP contribution < -0.4 is 11.5 Å². The van der Waals surface area contributed by atoms with E-state index in [2.05, 4.69) is 29.0 Å². The summed E-state index contributed by atoms with van der Waals surface area (Å²) in [4.78, 5) is 4.73. The van der Waals surface area contributed by atoms with E-state index in [-0.39, 0.29) is 6.04 Å². The first-order valence-electron chi connectivity index (χ1n) is 5.88. The second kappa shape index (κ2) is 4.20. The Balaban J connectivity index is 2.08. The normalized spacial score (nSPS) is 36.4. The summed E-state index contributed by atoms with van der Waals surface area (Å²) in [6.45, 7) is 6.34. The van der Waals surface area contributed by atoms with Gasteiger partial charge in [-0.15, -0.1) is 0 Å². The molecule has 4 nitrogen and oxygen atoms in total. The lowest BCUT2D eigenvalue weighted by Gasteiger charge is -2.38. The molecule has 0 bridgehead atoms. The molecule has 4 N–H and O–H groups in total. The predicted octanol–water partition coefficient (Wildman–Crippen LogP) is -0.268. The molecular weight excluding hydrogens is 200 g/mol. The molecular formula is C12H22N4. The van der Waals surface area contributed by atoms with Gasteiger partial charge >= 0.3 is 0 Å². The molecule has 2 unspecified atom stereocenters. The van der Waals surface area contributed by atoms with Crippen LogP contribution in [0.15, 0.2) is 23.9 Å². The van der Waals surface area contributed by atoms with Crippen molar-refractivity contribution in [2.24, 2.45) is 11.5 Å². The lowest BCUT2D eigenvalue weighted by Crippen LogP contribution is -2.53. The van der Waals surface area contributed by atoms with E-state index < -0.39 is 5.54 Å². The van der Waals surface area contributed by atoms with Crippen LogP contribution in [0.4, 0.5) is 0 Å². The first kappa shape index (κ1) is 11.6. The molecule has 1 aliphatic heterocycles. The van der Waals surface area contributed by atoms with Gasteiger partial charge in [-0.05, 0) is 26.1 Å². The van der Waals surface area contributed by atoms with Crippen molar-refractivity contribution >= 4 is 0 Å². The van der Waals surface area contributed by atoms with Crippen LogP contribution in [0.5, 0.6) is 0 Å². The molecule has 2 atom stereocenters. The minimum atomic E-state index is -0.423. The highest BCUT2D eigenvalue weighted by Crippen LogP contribution is 2.21. The topological polar surface area (TPSA) is 58.5 Å². The molecule has 1 fully saturated rings. The van der Waals surface area contributed by atoms with Crippen molar-refractivity contribution in [3.63, 3.8) is 0 Å². The molecule has 4 heteroatoms. The van der Waals surface area contributed by atoms with Gasteiger partial charge < -0.3 is 21.3 Å². The van der Waals surface area contributed by atoms with E-state index in [0.717, 1.165) is 26.2 Å². The van der Waals surface area contributed by atoms with E-state index in [1.807, 2.05) is 13.0 Å². The minimum Gasteiger partial charge on any atom is -0.369 e. The highest BCUT2D eigenvalue weighted by Gasteiger charge is 2.28. The summed E-state index contributed by atoms with van der Waals surface area (Å²) in [5, 5.41) is 0. The van der Waals surface area contributed by atoms with E-state index in [4.69, 9.17) is 11.5 Å². The molecule has 2 rings (SSSR count). The van der Waals surface area contributed by atoms with E-state index in [1.165, 1.54) is 5.70 Å². The molecule has 90 valence electrons. The number of piperazine rings is 1. The molecule has 0 saturated carbocycles. The smallest absolute Gasteiger partial charge is 0.0523 e. The predicted molar refractivity (Wildman–Crippen MR) is 66.9 cm³/mol. The fourth-order valence-corrected chi connectivity index (χ4v) is 2.13. The van der Waals surface area contributed by atoms with Gasteiger partial charge in [0.05, 0.1) is 5.54 Å². The van der Waals surface area contributed by atoms with Crippen molar-refractivity contribution in [3.05, 3.63) is 23.9 Å². The number of allylic oxidation sites excluding steroid dienone is 1. The Morgan fingerprint density at radius 2 is 1.94 bits per heavy atom. The van der Waals surface area contributed by atoms with Crippen LogP contribution in [0, 0.1) is 0 Å². The van der Waals surface area contributed by atoms with Crippen LogP contribution in [0.1, 0.15) is 6.92 Å². The van der Waals surface area contributed by atoms with Crippen molar-refractivity contribution in [2.45, 2.75) is 18.5 Å². The molecule has 0 aromatic rings. The maximum atomic E-state index is 6.16. The molecule has 0 aromatic carbocycles. The second-order valence-electron chi connectivity index (χ2n) is 5.11. The quantitative estimate of drug-likeness (QED) is 0.641. The molecule has 1 saturated heterocycles. The summed E-state index contributed by atoms with van der Waals surface area (Å²) < 4.78 is 0. The van der Waals surface area contributed by atoms with Crippen LogP contribution in [0.3, 0.4) is 0 Å². The first-order chi connectivity index (χ1) is 7.49. The van der Waals surface area contributed by atoms with E-state index >= 15 is 0 Å². The number of nitrogens with two attached hydrogens (primary N) is 2. The van der Waals surface area contributed by atoms with Crippen LogP contribution in [-0.4, -0.2) is 54.6 Å². The second-order valence-corrected chi connectivity index (χ2v) is 5.11. The van der Waals surface area contributed by atoms with Gasteiger partial charge in [0.15, 0.2) is 0 Å². The molecule has 1 heterocycles. The molecule has 0 amide bonds. The van der Waals surface area contributed by atoms with E-state index in [9.17, 15) is 0 Å². The molecule has 2 aliphatic rings. The molecule has 0 aromatic heterocycles. The average Bonchev–Trinajstić information content (AvgIpc) is 2.23. The van der Waals surface area contributed by atoms with Gasteiger partial charge in [0.2, 0.25) is 0 Å². The highest BCUT2D eigenvalue weighted by molar-refractivity contribution is 5.32. The highest BCUT2D eigenvalue weighted by atomic mass is 15.2. The maximum Gasteiger partial charge on any atom is 0.0523 e. The summed E-state index contributed by atoms with van der Waals surface area (Å²) >= 11 is 0. The number of hydrogen-bond acceptors (Lipinski definition) is 4. The molecule has 0 radical (unpaired) electrons. The minimum absolute atomic E-state index is 0.0799. The fraction of sp³-hybridized carbons (Fsp3) is 0.667. The summed E-state index contributed by atoms with van der Waals surface area (Å²) in [5.74, 6) is 0. The lowest BCUT2D eigenvalue weighted by molar-refractivity contribution is 0.188.